The van der Waals surface area contributed by atoms with Crippen molar-refractivity contribution in [2.45, 2.75) is 41.2 Å². The Bertz CT molecular complexity index is 455. The molecule has 0 aliphatic heterocycles. The molecule has 1 aromatic carbocycles. The van der Waals surface area contributed by atoms with Crippen LogP contribution < -0.4 is 0 Å². The number of hydrogen-bond acceptors (Lipinski definition) is 1. The molecule has 0 saturated carbocycles. The monoisotopic (exact) mass is 230 g/mol. The summed E-state index contributed by atoms with van der Waals surface area (Å²) in [5.41, 5.74) is 4.98. The van der Waals surface area contributed by atoms with Gasteiger partial charge in [-0.3, -0.25) is 4.68 Å². The molecule has 0 amide bonds. The highest BCUT2D eigenvalue weighted by Crippen LogP contribution is 2.12. The van der Waals surface area contributed by atoms with Crippen LogP contribution in [-0.4, -0.2) is 9.78 Å². The summed E-state index contributed by atoms with van der Waals surface area (Å²) in [5.74, 6) is 0. The van der Waals surface area contributed by atoms with Gasteiger partial charge in [-0.15, -0.1) is 0 Å². The lowest BCUT2D eigenvalue weighted by atomic mass is 10.2. The fourth-order valence-corrected chi connectivity index (χ4v) is 1.70. The van der Waals surface area contributed by atoms with E-state index in [0.29, 0.717) is 0 Å². The van der Waals surface area contributed by atoms with Crippen LogP contribution in [0.4, 0.5) is 0 Å². The van der Waals surface area contributed by atoms with E-state index in [4.69, 9.17) is 0 Å². The van der Waals surface area contributed by atoms with Gasteiger partial charge < -0.3 is 0 Å². The van der Waals surface area contributed by atoms with Gasteiger partial charge in [0.15, 0.2) is 0 Å². The first kappa shape index (κ1) is 13.5. The van der Waals surface area contributed by atoms with E-state index in [9.17, 15) is 0 Å². The molecule has 0 N–H and O–H groups in total. The van der Waals surface area contributed by atoms with E-state index in [2.05, 4.69) is 54.8 Å². The summed E-state index contributed by atoms with van der Waals surface area (Å²) in [7, 11) is 0. The van der Waals surface area contributed by atoms with Crippen molar-refractivity contribution in [1.29, 1.82) is 0 Å². The molecule has 0 fully saturated rings. The predicted molar refractivity (Wildman–Crippen MR) is 73.3 cm³/mol. The van der Waals surface area contributed by atoms with Gasteiger partial charge in [-0.05, 0) is 31.9 Å². The first-order chi connectivity index (χ1) is 8.18. The van der Waals surface area contributed by atoms with Crippen molar-refractivity contribution in [2.24, 2.45) is 0 Å². The van der Waals surface area contributed by atoms with E-state index in [1.807, 2.05) is 19.9 Å². The molecule has 0 radical (unpaired) electrons. The van der Waals surface area contributed by atoms with Crippen LogP contribution in [0.2, 0.25) is 0 Å². The lowest BCUT2D eigenvalue weighted by Crippen LogP contribution is -2.03. The zero-order valence-electron chi connectivity index (χ0n) is 11.5. The van der Waals surface area contributed by atoms with Crippen molar-refractivity contribution >= 4 is 0 Å². The summed E-state index contributed by atoms with van der Waals surface area (Å²) in [4.78, 5) is 0. The summed E-state index contributed by atoms with van der Waals surface area (Å²) in [5, 5.41) is 4.52. The van der Waals surface area contributed by atoms with Crippen LogP contribution >= 0.6 is 0 Å². The molecule has 92 valence electrons. The Morgan fingerprint density at radius 2 is 1.59 bits per heavy atom. The van der Waals surface area contributed by atoms with Crippen LogP contribution in [0, 0.1) is 20.8 Å². The van der Waals surface area contributed by atoms with E-state index in [-0.39, 0.29) is 0 Å². The van der Waals surface area contributed by atoms with Crippen molar-refractivity contribution < 1.29 is 0 Å². The minimum Gasteiger partial charge on any atom is -0.265 e. The van der Waals surface area contributed by atoms with Crippen molar-refractivity contribution in [3.63, 3.8) is 0 Å². The Labute approximate surface area is 104 Å². The molecule has 0 saturated heterocycles. The predicted octanol–water partition coefficient (Wildman–Crippen LogP) is 3.88. The Morgan fingerprint density at radius 1 is 1.00 bits per heavy atom. The molecule has 0 aliphatic carbocycles. The average Bonchev–Trinajstić information content (AvgIpc) is 2.61. The number of rotatable bonds is 2. The zero-order valence-corrected chi connectivity index (χ0v) is 11.5. The second-order valence-electron chi connectivity index (χ2n) is 3.94. The molecule has 2 rings (SSSR count). The lowest BCUT2D eigenvalue weighted by molar-refractivity contribution is 0.658. The minimum absolute atomic E-state index is 0.862. The molecule has 0 unspecified atom stereocenters. The van der Waals surface area contributed by atoms with Gasteiger partial charge in [0.05, 0.1) is 12.2 Å². The number of nitrogens with zero attached hydrogens (tertiary/aromatic N) is 2. The largest absolute Gasteiger partial charge is 0.265 e. The van der Waals surface area contributed by atoms with Gasteiger partial charge in [0.25, 0.3) is 0 Å². The molecular formula is C15H22N2. The average molecular weight is 230 g/mol. The molecule has 0 spiro atoms. The maximum atomic E-state index is 4.52. The minimum atomic E-state index is 0.862. The Hall–Kier alpha value is -1.57. The maximum absolute atomic E-state index is 4.52. The van der Waals surface area contributed by atoms with Gasteiger partial charge in [-0.1, -0.05) is 44.2 Å². The quantitative estimate of drug-likeness (QED) is 0.765. The van der Waals surface area contributed by atoms with E-state index in [1.165, 1.54) is 16.8 Å². The molecule has 17 heavy (non-hydrogen) atoms. The van der Waals surface area contributed by atoms with Crippen molar-refractivity contribution in [3.8, 4) is 0 Å². The summed E-state index contributed by atoms with van der Waals surface area (Å²) in [6, 6.07) is 10.4. The van der Waals surface area contributed by atoms with Crippen molar-refractivity contribution in [1.82, 2.24) is 9.78 Å². The standard InChI is InChI=1S/C13H16N2.C2H6/c1-10-11(2)14-15(12(10)3)9-13-7-5-4-6-8-13;1-2/h4-8H,9H2,1-3H3;1-2H3. The number of hydrogen-bond donors (Lipinski definition) is 0. The number of benzene rings is 1. The van der Waals surface area contributed by atoms with Crippen LogP contribution in [0.15, 0.2) is 30.3 Å². The first-order valence-electron chi connectivity index (χ1n) is 6.23. The first-order valence-corrected chi connectivity index (χ1v) is 6.23. The Balaban J connectivity index is 0.000000686. The Kier molecular flexibility index (Phi) is 4.95. The molecule has 2 heteroatoms. The van der Waals surface area contributed by atoms with Gasteiger partial charge in [0.2, 0.25) is 0 Å². The van der Waals surface area contributed by atoms with Crippen LogP contribution in [0.3, 0.4) is 0 Å². The van der Waals surface area contributed by atoms with Gasteiger partial charge in [-0.2, -0.15) is 5.10 Å². The topological polar surface area (TPSA) is 17.8 Å². The third-order valence-corrected chi connectivity index (χ3v) is 2.92. The van der Waals surface area contributed by atoms with Crippen LogP contribution in [0.25, 0.3) is 0 Å². The van der Waals surface area contributed by atoms with E-state index in [0.717, 1.165) is 12.2 Å². The highest BCUT2D eigenvalue weighted by atomic mass is 15.3. The SMILES string of the molecule is CC.Cc1nn(Cc2ccccc2)c(C)c1C. The fraction of sp³-hybridized carbons (Fsp3) is 0.400. The smallest absolute Gasteiger partial charge is 0.0662 e. The number of aryl methyl sites for hydroxylation is 1. The third-order valence-electron chi connectivity index (χ3n) is 2.92. The van der Waals surface area contributed by atoms with Crippen LogP contribution in [-0.2, 0) is 6.54 Å². The fourth-order valence-electron chi connectivity index (χ4n) is 1.70. The summed E-state index contributed by atoms with van der Waals surface area (Å²) in [6.07, 6.45) is 0. The highest BCUT2D eigenvalue weighted by molar-refractivity contribution is 5.24. The lowest BCUT2D eigenvalue weighted by Gasteiger charge is -2.04. The summed E-state index contributed by atoms with van der Waals surface area (Å²) in [6.45, 7) is 11.2. The van der Waals surface area contributed by atoms with E-state index in [1.54, 1.807) is 0 Å². The number of aromatic nitrogens is 2. The molecule has 1 aromatic heterocycles. The molecule has 2 nitrogen and oxygen atoms in total. The van der Waals surface area contributed by atoms with Crippen LogP contribution in [0.1, 0.15) is 36.4 Å². The van der Waals surface area contributed by atoms with Crippen molar-refractivity contribution in [2.75, 3.05) is 0 Å². The van der Waals surface area contributed by atoms with E-state index < -0.39 is 0 Å². The second kappa shape index (κ2) is 6.24. The van der Waals surface area contributed by atoms with E-state index >= 15 is 0 Å². The molecule has 0 atom stereocenters. The normalized spacial score (nSPS) is 9.71. The molecular weight excluding hydrogens is 208 g/mol. The van der Waals surface area contributed by atoms with Gasteiger partial charge in [0.1, 0.15) is 0 Å². The molecule has 1 heterocycles. The van der Waals surface area contributed by atoms with Crippen LogP contribution in [0.5, 0.6) is 0 Å². The van der Waals surface area contributed by atoms with Gasteiger partial charge in [0, 0.05) is 5.69 Å². The third kappa shape index (κ3) is 3.19. The second-order valence-corrected chi connectivity index (χ2v) is 3.94. The summed E-state index contributed by atoms with van der Waals surface area (Å²) >= 11 is 0. The molecule has 0 aliphatic rings. The van der Waals surface area contributed by atoms with Gasteiger partial charge in [-0.25, -0.2) is 0 Å². The molecule has 2 aromatic rings. The molecule has 0 bridgehead atoms. The van der Waals surface area contributed by atoms with Crippen molar-refractivity contribution in [3.05, 3.63) is 52.8 Å². The Morgan fingerprint density at radius 3 is 2.06 bits per heavy atom. The highest BCUT2D eigenvalue weighted by Gasteiger charge is 2.06. The maximum Gasteiger partial charge on any atom is 0.0662 e. The summed E-state index contributed by atoms with van der Waals surface area (Å²) < 4.78 is 2.07. The van der Waals surface area contributed by atoms with Gasteiger partial charge >= 0.3 is 0 Å². The zero-order chi connectivity index (χ0) is 12.8.